The molecule has 1 aliphatic carbocycles. The fourth-order valence-corrected chi connectivity index (χ4v) is 3.36. The van der Waals surface area contributed by atoms with E-state index in [1.807, 2.05) is 0 Å². The highest BCUT2D eigenvalue weighted by atomic mass is 35.5. The first kappa shape index (κ1) is 19.5. The third kappa shape index (κ3) is 4.03. The normalized spacial score (nSPS) is 25.2. The number of hydrogen-bond donors (Lipinski definition) is 5. The van der Waals surface area contributed by atoms with Crippen LogP contribution in [0.2, 0.25) is 5.15 Å². The molecule has 144 valence electrons. The maximum atomic E-state index is 13.8. The van der Waals surface area contributed by atoms with Crippen molar-refractivity contribution >= 4 is 35.5 Å². The molecule has 9 heteroatoms. The molecule has 1 aliphatic rings. The van der Waals surface area contributed by atoms with Crippen LogP contribution in [0.4, 0.5) is 16.2 Å². The number of nitrogens with two attached hydrogens (primary N) is 1. The number of halogens is 2. The van der Waals surface area contributed by atoms with E-state index in [2.05, 4.69) is 15.3 Å². The van der Waals surface area contributed by atoms with Gasteiger partial charge in [-0.15, -0.1) is 0 Å². The van der Waals surface area contributed by atoms with E-state index in [1.54, 1.807) is 18.2 Å². The van der Waals surface area contributed by atoms with Gasteiger partial charge in [0, 0.05) is 18.1 Å². The Bertz CT molecular complexity index is 866. The molecule has 3 rings (SSSR count). The van der Waals surface area contributed by atoms with E-state index >= 15 is 0 Å². The molecule has 0 aliphatic heterocycles. The minimum absolute atomic E-state index is 0.00684. The molecule has 27 heavy (non-hydrogen) atoms. The van der Waals surface area contributed by atoms with Crippen LogP contribution >= 0.6 is 11.6 Å². The minimum Gasteiger partial charge on any atom is -0.396 e. The van der Waals surface area contributed by atoms with Gasteiger partial charge in [0.15, 0.2) is 5.72 Å². The zero-order valence-corrected chi connectivity index (χ0v) is 15.1. The lowest BCUT2D eigenvalue weighted by Crippen LogP contribution is -2.48. The Balaban J connectivity index is 1.95. The Morgan fingerprint density at radius 3 is 2.74 bits per heavy atom. The van der Waals surface area contributed by atoms with Crippen LogP contribution < -0.4 is 11.1 Å². The molecule has 1 heterocycles. The third-order valence-corrected chi connectivity index (χ3v) is 4.94. The van der Waals surface area contributed by atoms with Crippen molar-refractivity contribution < 1.29 is 19.7 Å². The molecular weight excluding hydrogens is 375 g/mol. The molecule has 1 saturated carbocycles. The van der Waals surface area contributed by atoms with Gasteiger partial charge in [0.25, 0.3) is 0 Å². The maximum absolute atomic E-state index is 13.8. The van der Waals surface area contributed by atoms with Crippen molar-refractivity contribution in [1.29, 1.82) is 0 Å². The SMILES string of the molecule is Nc1nc(Cl)c(C=Cc2ccccc2F)c(NC2(O)CCC(CO)C2O)n1. The number of benzene rings is 1. The van der Waals surface area contributed by atoms with Gasteiger partial charge >= 0.3 is 0 Å². The van der Waals surface area contributed by atoms with Crippen LogP contribution in [0.25, 0.3) is 12.2 Å². The number of nitrogens with one attached hydrogen (secondary N) is 1. The Morgan fingerprint density at radius 2 is 2.07 bits per heavy atom. The van der Waals surface area contributed by atoms with E-state index in [0.29, 0.717) is 12.0 Å². The number of rotatable bonds is 5. The average molecular weight is 395 g/mol. The van der Waals surface area contributed by atoms with Gasteiger partial charge in [0.05, 0.1) is 5.56 Å². The number of anilines is 2. The lowest BCUT2D eigenvalue weighted by Gasteiger charge is -2.30. The number of aromatic nitrogens is 2. The fourth-order valence-electron chi connectivity index (χ4n) is 3.12. The summed E-state index contributed by atoms with van der Waals surface area (Å²) >= 11 is 6.16. The van der Waals surface area contributed by atoms with Gasteiger partial charge < -0.3 is 26.4 Å². The molecule has 0 bridgehead atoms. The van der Waals surface area contributed by atoms with E-state index in [4.69, 9.17) is 17.3 Å². The van der Waals surface area contributed by atoms with E-state index in [9.17, 15) is 19.7 Å². The maximum Gasteiger partial charge on any atom is 0.223 e. The molecule has 7 nitrogen and oxygen atoms in total. The molecule has 3 atom stereocenters. The van der Waals surface area contributed by atoms with Crippen LogP contribution in [0.3, 0.4) is 0 Å². The quantitative estimate of drug-likeness (QED) is 0.387. The first-order valence-corrected chi connectivity index (χ1v) is 8.77. The second-order valence-electron chi connectivity index (χ2n) is 6.47. The number of aliphatic hydroxyl groups is 3. The van der Waals surface area contributed by atoms with Gasteiger partial charge in [-0.1, -0.05) is 35.9 Å². The van der Waals surface area contributed by atoms with E-state index in [-0.39, 0.29) is 35.5 Å². The van der Waals surface area contributed by atoms with E-state index in [0.717, 1.165) is 0 Å². The zero-order chi connectivity index (χ0) is 19.6. The lowest BCUT2D eigenvalue weighted by molar-refractivity contribution is -0.0545. The van der Waals surface area contributed by atoms with Gasteiger partial charge in [-0.25, -0.2) is 9.37 Å². The summed E-state index contributed by atoms with van der Waals surface area (Å²) in [5, 5.41) is 33.1. The summed E-state index contributed by atoms with van der Waals surface area (Å²) in [5.41, 5.74) is 4.55. The molecule has 0 spiro atoms. The monoisotopic (exact) mass is 394 g/mol. The molecule has 1 fully saturated rings. The number of nitrogens with zero attached hydrogens (tertiary/aromatic N) is 2. The molecular formula is C18H20ClFN4O3. The van der Waals surface area contributed by atoms with Gasteiger partial charge in [0.1, 0.15) is 22.9 Å². The first-order valence-electron chi connectivity index (χ1n) is 8.39. The average Bonchev–Trinajstić information content (AvgIpc) is 2.90. The van der Waals surface area contributed by atoms with Crippen molar-refractivity contribution in [2.45, 2.75) is 24.7 Å². The fraction of sp³-hybridized carbons (Fsp3) is 0.333. The predicted molar refractivity (Wildman–Crippen MR) is 101 cm³/mol. The summed E-state index contributed by atoms with van der Waals surface area (Å²) in [6, 6.07) is 6.18. The Labute approximate surface area is 160 Å². The Kier molecular flexibility index (Phi) is 5.61. The van der Waals surface area contributed by atoms with Crippen molar-refractivity contribution in [1.82, 2.24) is 9.97 Å². The number of hydrogen-bond acceptors (Lipinski definition) is 7. The number of aliphatic hydroxyl groups excluding tert-OH is 2. The minimum atomic E-state index is -1.71. The van der Waals surface area contributed by atoms with E-state index in [1.165, 1.54) is 18.2 Å². The van der Waals surface area contributed by atoms with Crippen molar-refractivity contribution in [2.75, 3.05) is 17.7 Å². The van der Waals surface area contributed by atoms with Gasteiger partial charge in [-0.2, -0.15) is 4.98 Å². The van der Waals surface area contributed by atoms with Crippen molar-refractivity contribution in [3.8, 4) is 0 Å². The van der Waals surface area contributed by atoms with Crippen molar-refractivity contribution in [3.05, 3.63) is 46.4 Å². The summed E-state index contributed by atoms with van der Waals surface area (Å²) in [4.78, 5) is 7.93. The van der Waals surface area contributed by atoms with Crippen LogP contribution in [0, 0.1) is 11.7 Å². The van der Waals surface area contributed by atoms with Crippen LogP contribution in [-0.2, 0) is 0 Å². The predicted octanol–water partition coefficient (Wildman–Crippen LogP) is 1.89. The topological polar surface area (TPSA) is 125 Å². The third-order valence-electron chi connectivity index (χ3n) is 4.65. The van der Waals surface area contributed by atoms with Crippen LogP contribution in [0.15, 0.2) is 24.3 Å². The van der Waals surface area contributed by atoms with Gasteiger partial charge in [0.2, 0.25) is 5.95 Å². The highest BCUT2D eigenvalue weighted by Gasteiger charge is 2.47. The van der Waals surface area contributed by atoms with Crippen LogP contribution in [0.1, 0.15) is 24.0 Å². The van der Waals surface area contributed by atoms with Gasteiger partial charge in [-0.3, -0.25) is 0 Å². The summed E-state index contributed by atoms with van der Waals surface area (Å²) in [7, 11) is 0. The van der Waals surface area contributed by atoms with Gasteiger partial charge in [-0.05, 0) is 25.0 Å². The molecule has 1 aromatic carbocycles. The number of nitrogen functional groups attached to an aromatic ring is 1. The molecule has 0 saturated heterocycles. The molecule has 6 N–H and O–H groups in total. The molecule has 1 aromatic heterocycles. The molecule has 3 unspecified atom stereocenters. The molecule has 0 amide bonds. The Hall–Kier alpha value is -2.26. The second kappa shape index (κ2) is 7.77. The highest BCUT2D eigenvalue weighted by molar-refractivity contribution is 6.31. The molecule has 2 aromatic rings. The smallest absolute Gasteiger partial charge is 0.223 e. The first-order chi connectivity index (χ1) is 12.8. The zero-order valence-electron chi connectivity index (χ0n) is 14.3. The lowest BCUT2D eigenvalue weighted by atomic mass is 10.0. The summed E-state index contributed by atoms with van der Waals surface area (Å²) in [5.74, 6) is -0.901. The van der Waals surface area contributed by atoms with E-state index < -0.39 is 23.6 Å². The van der Waals surface area contributed by atoms with Crippen LogP contribution in [0.5, 0.6) is 0 Å². The highest BCUT2D eigenvalue weighted by Crippen LogP contribution is 2.37. The van der Waals surface area contributed by atoms with Crippen LogP contribution in [-0.4, -0.2) is 43.7 Å². The molecule has 0 radical (unpaired) electrons. The summed E-state index contributed by atoms with van der Waals surface area (Å²) in [6.45, 7) is -0.252. The second-order valence-corrected chi connectivity index (χ2v) is 6.82. The largest absolute Gasteiger partial charge is 0.396 e. The standard InChI is InChI=1S/C18H20ClFN4O3/c19-15-12(6-5-10-3-1-2-4-13(10)20)16(23-17(21)22-15)24-18(27)8-7-11(9-25)14(18)26/h1-6,11,14,25-27H,7-9H2,(H3,21,22,23,24). The summed E-state index contributed by atoms with van der Waals surface area (Å²) in [6.07, 6.45) is 2.40. The Morgan fingerprint density at radius 1 is 1.33 bits per heavy atom. The summed E-state index contributed by atoms with van der Waals surface area (Å²) < 4.78 is 13.8. The van der Waals surface area contributed by atoms with Crippen molar-refractivity contribution in [3.63, 3.8) is 0 Å². The van der Waals surface area contributed by atoms with Crippen molar-refractivity contribution in [2.24, 2.45) is 5.92 Å².